The fraction of sp³-hybridized carbons (Fsp3) is 0.722. The predicted octanol–water partition coefficient (Wildman–Crippen LogP) is -0.951. The molecule has 0 aromatic carbocycles. The Labute approximate surface area is 169 Å². The monoisotopic (exact) mass is 416 g/mol. The molecule has 0 aliphatic rings. The highest BCUT2D eigenvalue weighted by atomic mass is 16.4. The predicted molar refractivity (Wildman–Crippen MR) is 104 cm³/mol. The molecule has 0 aromatic rings. The molecule has 7 N–H and O–H groups in total. The van der Waals surface area contributed by atoms with E-state index in [0.29, 0.717) is 0 Å². The Hall–Kier alpha value is -2.69. The van der Waals surface area contributed by atoms with Crippen molar-refractivity contribution in [2.45, 2.75) is 71.6 Å². The first-order valence-electron chi connectivity index (χ1n) is 9.37. The van der Waals surface area contributed by atoms with Gasteiger partial charge in [0.2, 0.25) is 17.7 Å². The quantitative estimate of drug-likeness (QED) is 0.235. The van der Waals surface area contributed by atoms with Crippen LogP contribution in [0.3, 0.4) is 0 Å². The summed E-state index contributed by atoms with van der Waals surface area (Å²) in [5.41, 5.74) is 5.73. The second kappa shape index (κ2) is 12.0. The molecule has 0 spiro atoms. The molecule has 3 amide bonds. The third-order valence-corrected chi connectivity index (χ3v) is 4.10. The zero-order valence-electron chi connectivity index (χ0n) is 17.4. The van der Waals surface area contributed by atoms with E-state index in [1.807, 2.05) is 0 Å². The van der Waals surface area contributed by atoms with Crippen LogP contribution < -0.4 is 21.7 Å². The molecule has 0 aliphatic carbocycles. The third kappa shape index (κ3) is 9.88. The molecule has 0 heterocycles. The van der Waals surface area contributed by atoms with Gasteiger partial charge >= 0.3 is 11.9 Å². The standard InChI is InChI=1S/C18H32N4O7/c1-8(2)6-11(15(25)20-10(5)18(28)29)21-16(26)12(7-13(23)24)22-17(27)14(19)9(3)4/h8-12,14H,6-7,19H2,1-5H3,(H,20,25)(H,21,26)(H,22,27)(H,23,24)(H,28,29). The van der Waals surface area contributed by atoms with Crippen LogP contribution in [0.15, 0.2) is 0 Å². The van der Waals surface area contributed by atoms with Gasteiger partial charge in [0.15, 0.2) is 0 Å². The van der Waals surface area contributed by atoms with E-state index in [0.717, 1.165) is 0 Å². The molecule has 0 aromatic heterocycles. The average molecular weight is 416 g/mol. The van der Waals surface area contributed by atoms with Crippen LogP contribution in [0.25, 0.3) is 0 Å². The number of amides is 3. The van der Waals surface area contributed by atoms with Crippen molar-refractivity contribution in [3.05, 3.63) is 0 Å². The summed E-state index contributed by atoms with van der Waals surface area (Å²) < 4.78 is 0. The number of carboxylic acid groups (broad SMARTS) is 2. The molecule has 11 nitrogen and oxygen atoms in total. The highest BCUT2D eigenvalue weighted by Crippen LogP contribution is 2.07. The van der Waals surface area contributed by atoms with Crippen molar-refractivity contribution in [2.75, 3.05) is 0 Å². The van der Waals surface area contributed by atoms with Crippen molar-refractivity contribution in [1.82, 2.24) is 16.0 Å². The summed E-state index contributed by atoms with van der Waals surface area (Å²) in [7, 11) is 0. The normalized spacial score (nSPS) is 15.2. The smallest absolute Gasteiger partial charge is 0.325 e. The number of nitrogens with one attached hydrogen (secondary N) is 3. The van der Waals surface area contributed by atoms with Crippen LogP contribution >= 0.6 is 0 Å². The highest BCUT2D eigenvalue weighted by Gasteiger charge is 2.31. The molecule has 0 saturated heterocycles. The van der Waals surface area contributed by atoms with Gasteiger partial charge in [0.05, 0.1) is 12.5 Å². The van der Waals surface area contributed by atoms with Gasteiger partial charge in [0.25, 0.3) is 0 Å². The molecule has 4 unspecified atom stereocenters. The zero-order valence-corrected chi connectivity index (χ0v) is 17.4. The first-order chi connectivity index (χ1) is 13.3. The molecule has 29 heavy (non-hydrogen) atoms. The molecule has 4 atom stereocenters. The molecule has 0 bridgehead atoms. The van der Waals surface area contributed by atoms with Crippen LogP contribution in [-0.2, 0) is 24.0 Å². The number of carboxylic acids is 2. The molecule has 0 rings (SSSR count). The summed E-state index contributed by atoms with van der Waals surface area (Å²) >= 11 is 0. The Balaban J connectivity index is 5.38. The first-order valence-corrected chi connectivity index (χ1v) is 9.37. The Kier molecular flexibility index (Phi) is 10.9. The summed E-state index contributed by atoms with van der Waals surface area (Å²) in [4.78, 5) is 59.2. The summed E-state index contributed by atoms with van der Waals surface area (Å²) in [6, 6.07) is -4.65. The second-order valence-electron chi connectivity index (χ2n) is 7.69. The van der Waals surface area contributed by atoms with E-state index in [-0.39, 0.29) is 18.3 Å². The van der Waals surface area contributed by atoms with Gasteiger partial charge in [0.1, 0.15) is 18.1 Å². The Morgan fingerprint density at radius 1 is 0.793 bits per heavy atom. The molecule has 166 valence electrons. The lowest BCUT2D eigenvalue weighted by atomic mass is 10.0. The molecule has 0 radical (unpaired) electrons. The summed E-state index contributed by atoms with van der Waals surface area (Å²) in [6.45, 7) is 8.26. The van der Waals surface area contributed by atoms with Crippen LogP contribution in [-0.4, -0.2) is 64.0 Å². The molecule has 11 heteroatoms. The number of aliphatic carboxylic acids is 2. The van der Waals surface area contributed by atoms with Crippen molar-refractivity contribution in [3.63, 3.8) is 0 Å². The van der Waals surface area contributed by atoms with Gasteiger partial charge in [-0.05, 0) is 25.2 Å². The maximum absolute atomic E-state index is 12.6. The highest BCUT2D eigenvalue weighted by molar-refractivity contribution is 5.95. The summed E-state index contributed by atoms with van der Waals surface area (Å²) in [5.74, 6) is -5.12. The molecule has 0 fully saturated rings. The number of hydrogen-bond acceptors (Lipinski definition) is 6. The maximum atomic E-state index is 12.6. The minimum absolute atomic E-state index is 0.0342. The lowest BCUT2D eigenvalue weighted by Gasteiger charge is -2.25. The number of carbonyl (C=O) groups excluding carboxylic acids is 3. The molecular weight excluding hydrogens is 384 g/mol. The van der Waals surface area contributed by atoms with Crippen molar-refractivity contribution < 1.29 is 34.2 Å². The second-order valence-corrected chi connectivity index (χ2v) is 7.69. The van der Waals surface area contributed by atoms with Crippen LogP contribution in [0.1, 0.15) is 47.5 Å². The molecule has 0 aliphatic heterocycles. The maximum Gasteiger partial charge on any atom is 0.325 e. The Morgan fingerprint density at radius 3 is 1.69 bits per heavy atom. The lowest BCUT2D eigenvalue weighted by molar-refractivity contribution is -0.143. The van der Waals surface area contributed by atoms with E-state index in [1.165, 1.54) is 6.92 Å². The average Bonchev–Trinajstić information content (AvgIpc) is 2.58. The van der Waals surface area contributed by atoms with E-state index in [4.69, 9.17) is 15.9 Å². The number of hydrogen-bond donors (Lipinski definition) is 6. The number of nitrogens with two attached hydrogens (primary N) is 1. The van der Waals surface area contributed by atoms with Gasteiger partial charge < -0.3 is 31.9 Å². The first kappa shape index (κ1) is 26.3. The zero-order chi connectivity index (χ0) is 22.9. The van der Waals surface area contributed by atoms with Gasteiger partial charge in [-0.15, -0.1) is 0 Å². The van der Waals surface area contributed by atoms with E-state index >= 15 is 0 Å². The van der Waals surface area contributed by atoms with E-state index in [9.17, 15) is 24.0 Å². The lowest BCUT2D eigenvalue weighted by Crippen LogP contribution is -2.57. The van der Waals surface area contributed by atoms with Crippen molar-refractivity contribution >= 4 is 29.7 Å². The van der Waals surface area contributed by atoms with E-state index in [1.54, 1.807) is 27.7 Å². The largest absolute Gasteiger partial charge is 0.481 e. The SMILES string of the molecule is CC(C)CC(NC(=O)C(CC(=O)O)NC(=O)C(N)C(C)C)C(=O)NC(C)C(=O)O. The fourth-order valence-corrected chi connectivity index (χ4v) is 2.31. The number of carbonyl (C=O) groups is 5. The minimum Gasteiger partial charge on any atom is -0.481 e. The van der Waals surface area contributed by atoms with Gasteiger partial charge in [-0.1, -0.05) is 27.7 Å². The summed E-state index contributed by atoms with van der Waals surface area (Å²) in [5, 5.41) is 25.0. The number of rotatable bonds is 12. The van der Waals surface area contributed by atoms with Crippen molar-refractivity contribution in [3.8, 4) is 0 Å². The van der Waals surface area contributed by atoms with Gasteiger partial charge in [-0.3, -0.25) is 24.0 Å². The molecule has 0 saturated carbocycles. The molecular formula is C18H32N4O7. The van der Waals surface area contributed by atoms with Crippen molar-refractivity contribution in [1.29, 1.82) is 0 Å². The van der Waals surface area contributed by atoms with E-state index in [2.05, 4.69) is 16.0 Å². The fourth-order valence-electron chi connectivity index (χ4n) is 2.31. The van der Waals surface area contributed by atoms with Gasteiger partial charge in [-0.25, -0.2) is 0 Å². The van der Waals surface area contributed by atoms with Gasteiger partial charge in [0, 0.05) is 0 Å². The Morgan fingerprint density at radius 2 is 1.28 bits per heavy atom. The van der Waals surface area contributed by atoms with Gasteiger partial charge in [-0.2, -0.15) is 0 Å². The minimum atomic E-state index is -1.44. The van der Waals surface area contributed by atoms with Crippen LogP contribution in [0, 0.1) is 11.8 Å². The van der Waals surface area contributed by atoms with Crippen LogP contribution in [0.5, 0.6) is 0 Å². The summed E-state index contributed by atoms with van der Waals surface area (Å²) in [6.07, 6.45) is -0.521. The van der Waals surface area contributed by atoms with Crippen LogP contribution in [0.4, 0.5) is 0 Å². The van der Waals surface area contributed by atoms with Crippen molar-refractivity contribution in [2.24, 2.45) is 17.6 Å². The third-order valence-electron chi connectivity index (χ3n) is 4.10. The topological polar surface area (TPSA) is 188 Å². The van der Waals surface area contributed by atoms with Crippen LogP contribution in [0.2, 0.25) is 0 Å². The van der Waals surface area contributed by atoms with E-state index < -0.39 is 60.2 Å². The Bertz CT molecular complexity index is 621.